The highest BCUT2D eigenvalue weighted by molar-refractivity contribution is 5.89. The van der Waals surface area contributed by atoms with Crippen LogP contribution in [0.1, 0.15) is 29.5 Å². The number of hydrogen-bond acceptors (Lipinski definition) is 2. The van der Waals surface area contributed by atoms with Crippen LogP contribution in [-0.4, -0.2) is 23.6 Å². The second-order valence-electron chi connectivity index (χ2n) is 6.58. The minimum Gasteiger partial charge on any atom is -0.381 e. The molecular formula is C20H23N2O+. The first kappa shape index (κ1) is 14.5. The Hall–Kier alpha value is -2.13. The van der Waals surface area contributed by atoms with E-state index in [1.54, 1.807) is 0 Å². The van der Waals surface area contributed by atoms with Crippen LogP contribution in [0.2, 0.25) is 0 Å². The van der Waals surface area contributed by atoms with Gasteiger partial charge in [0, 0.05) is 13.2 Å². The van der Waals surface area contributed by atoms with Gasteiger partial charge in [-0.15, -0.1) is 0 Å². The first-order valence-corrected chi connectivity index (χ1v) is 8.37. The highest BCUT2D eigenvalue weighted by Gasteiger charge is 2.47. The van der Waals surface area contributed by atoms with Crippen molar-refractivity contribution in [3.63, 3.8) is 0 Å². The molecule has 1 spiro atoms. The monoisotopic (exact) mass is 307 g/mol. The van der Waals surface area contributed by atoms with Gasteiger partial charge in [0.25, 0.3) is 5.84 Å². The summed E-state index contributed by atoms with van der Waals surface area (Å²) in [6.07, 6.45) is 1.95. The van der Waals surface area contributed by atoms with Gasteiger partial charge in [-0.2, -0.15) is 0 Å². The van der Waals surface area contributed by atoms with Gasteiger partial charge in [0.15, 0.2) is 0 Å². The van der Waals surface area contributed by atoms with Gasteiger partial charge in [-0.05, 0) is 29.5 Å². The molecule has 3 heteroatoms. The molecule has 0 bridgehead atoms. The summed E-state index contributed by atoms with van der Waals surface area (Å²) in [6, 6.07) is 19.4. The third kappa shape index (κ3) is 2.45. The van der Waals surface area contributed by atoms with Gasteiger partial charge in [-0.3, -0.25) is 10.3 Å². The van der Waals surface area contributed by atoms with Crippen LogP contribution >= 0.6 is 0 Å². The fraction of sp³-hybridized carbons (Fsp3) is 0.350. The van der Waals surface area contributed by atoms with E-state index in [2.05, 4.69) is 59.2 Å². The number of hydrogen-bond donors (Lipinski definition) is 1. The summed E-state index contributed by atoms with van der Waals surface area (Å²) in [4.78, 5) is 0. The smallest absolute Gasteiger partial charge is 0.254 e. The average Bonchev–Trinajstić information content (AvgIpc) is 2.61. The largest absolute Gasteiger partial charge is 0.381 e. The van der Waals surface area contributed by atoms with Crippen molar-refractivity contribution >= 4 is 5.84 Å². The van der Waals surface area contributed by atoms with Crippen LogP contribution in [0.4, 0.5) is 0 Å². The molecular weight excluding hydrogens is 284 g/mol. The standard InChI is InChI=1S/C20H22N2O/c21-19-20(10-12-23-13-11-20)18-9-5-4-8-17(18)15-22(19)14-16-6-2-1-3-7-16/h1-9,21H,10-15H2/p+1. The Morgan fingerprint density at radius 3 is 2.43 bits per heavy atom. The molecule has 2 N–H and O–H groups in total. The van der Waals surface area contributed by atoms with Crippen molar-refractivity contribution in [1.82, 2.24) is 0 Å². The minimum atomic E-state index is -0.0537. The second-order valence-corrected chi connectivity index (χ2v) is 6.58. The molecule has 0 saturated carbocycles. The van der Waals surface area contributed by atoms with Crippen LogP contribution in [0.3, 0.4) is 0 Å². The SMILES string of the molecule is NC1=[N+](Cc2ccccc2)Cc2ccccc2C12CCOCC2. The van der Waals surface area contributed by atoms with E-state index in [4.69, 9.17) is 10.5 Å². The van der Waals surface area contributed by atoms with E-state index in [9.17, 15) is 0 Å². The summed E-state index contributed by atoms with van der Waals surface area (Å²) in [5.41, 5.74) is 10.8. The lowest BCUT2D eigenvalue weighted by Crippen LogP contribution is -2.53. The number of nitrogens with two attached hydrogens (primary N) is 1. The van der Waals surface area contributed by atoms with E-state index >= 15 is 0 Å². The summed E-state index contributed by atoms with van der Waals surface area (Å²) >= 11 is 0. The quantitative estimate of drug-likeness (QED) is 0.867. The van der Waals surface area contributed by atoms with Gasteiger partial charge in [0.2, 0.25) is 0 Å². The first-order chi connectivity index (χ1) is 11.3. The summed E-state index contributed by atoms with van der Waals surface area (Å²) in [5, 5.41) is 0. The molecule has 2 aromatic carbocycles. The number of amidine groups is 1. The number of rotatable bonds is 2. The maximum atomic E-state index is 6.74. The van der Waals surface area contributed by atoms with Gasteiger partial charge in [-0.25, -0.2) is 0 Å². The zero-order chi connectivity index (χ0) is 15.7. The minimum absolute atomic E-state index is 0.0537. The van der Waals surface area contributed by atoms with Gasteiger partial charge in [-0.1, -0.05) is 54.6 Å². The van der Waals surface area contributed by atoms with Crippen LogP contribution in [0.5, 0.6) is 0 Å². The fourth-order valence-corrected chi connectivity index (χ4v) is 4.05. The first-order valence-electron chi connectivity index (χ1n) is 8.37. The van der Waals surface area contributed by atoms with E-state index in [1.165, 1.54) is 16.7 Å². The Morgan fingerprint density at radius 1 is 0.957 bits per heavy atom. The van der Waals surface area contributed by atoms with Crippen LogP contribution in [-0.2, 0) is 23.2 Å². The zero-order valence-corrected chi connectivity index (χ0v) is 13.4. The molecule has 2 aliphatic rings. The number of nitrogens with zero attached hydrogens (tertiary/aromatic N) is 1. The van der Waals surface area contributed by atoms with Crippen molar-refractivity contribution < 1.29 is 9.31 Å². The normalized spacial score (nSPS) is 19.7. The second kappa shape index (κ2) is 5.82. The van der Waals surface area contributed by atoms with Gasteiger partial charge in [0.1, 0.15) is 18.5 Å². The molecule has 2 aromatic rings. The molecule has 2 aliphatic heterocycles. The van der Waals surface area contributed by atoms with Gasteiger partial charge in [0.05, 0.1) is 0 Å². The fourth-order valence-electron chi connectivity index (χ4n) is 4.05. The Labute approximate surface area is 137 Å². The molecule has 1 saturated heterocycles. The van der Waals surface area contributed by atoms with E-state index in [1.807, 2.05) is 0 Å². The molecule has 0 radical (unpaired) electrons. The van der Waals surface area contributed by atoms with E-state index in [-0.39, 0.29) is 5.41 Å². The number of ether oxygens (including phenoxy) is 1. The van der Waals surface area contributed by atoms with Crippen LogP contribution < -0.4 is 5.73 Å². The topological polar surface area (TPSA) is 38.3 Å². The molecule has 2 heterocycles. The van der Waals surface area contributed by atoms with Crippen molar-refractivity contribution in [3.8, 4) is 0 Å². The predicted molar refractivity (Wildman–Crippen MR) is 91.5 cm³/mol. The lowest BCUT2D eigenvalue weighted by Gasteiger charge is -2.39. The summed E-state index contributed by atoms with van der Waals surface area (Å²) in [6.45, 7) is 3.32. The Bertz CT molecular complexity index is 730. The molecule has 0 atom stereocenters. The van der Waals surface area contributed by atoms with Crippen LogP contribution in [0.25, 0.3) is 0 Å². The Balaban J connectivity index is 1.79. The van der Waals surface area contributed by atoms with E-state index < -0.39 is 0 Å². The highest BCUT2D eigenvalue weighted by Crippen LogP contribution is 2.39. The number of benzene rings is 2. The van der Waals surface area contributed by atoms with Crippen molar-refractivity contribution in [2.45, 2.75) is 31.3 Å². The van der Waals surface area contributed by atoms with Crippen molar-refractivity contribution in [3.05, 3.63) is 71.3 Å². The lowest BCUT2D eigenvalue weighted by molar-refractivity contribution is -0.566. The average molecular weight is 307 g/mol. The van der Waals surface area contributed by atoms with Crippen molar-refractivity contribution in [2.24, 2.45) is 5.73 Å². The van der Waals surface area contributed by atoms with Crippen LogP contribution in [0, 0.1) is 0 Å². The van der Waals surface area contributed by atoms with Crippen molar-refractivity contribution in [2.75, 3.05) is 13.2 Å². The summed E-state index contributed by atoms with van der Waals surface area (Å²) < 4.78 is 7.98. The van der Waals surface area contributed by atoms with Crippen LogP contribution in [0.15, 0.2) is 54.6 Å². The third-order valence-corrected chi connectivity index (χ3v) is 5.29. The molecule has 118 valence electrons. The maximum absolute atomic E-state index is 6.74. The molecule has 3 nitrogen and oxygen atoms in total. The van der Waals surface area contributed by atoms with E-state index in [0.717, 1.165) is 45.0 Å². The van der Waals surface area contributed by atoms with Gasteiger partial charge >= 0.3 is 0 Å². The Morgan fingerprint density at radius 2 is 1.65 bits per heavy atom. The summed E-state index contributed by atoms with van der Waals surface area (Å²) in [5.74, 6) is 1.02. The molecule has 0 aromatic heterocycles. The molecule has 0 amide bonds. The molecule has 23 heavy (non-hydrogen) atoms. The maximum Gasteiger partial charge on any atom is 0.254 e. The molecule has 1 fully saturated rings. The number of fused-ring (bicyclic) bond motifs is 2. The van der Waals surface area contributed by atoms with Crippen molar-refractivity contribution in [1.29, 1.82) is 0 Å². The predicted octanol–water partition coefficient (Wildman–Crippen LogP) is 2.82. The molecule has 0 aliphatic carbocycles. The Kier molecular flexibility index (Phi) is 3.66. The lowest BCUT2D eigenvalue weighted by atomic mass is 9.70. The third-order valence-electron chi connectivity index (χ3n) is 5.29. The highest BCUT2D eigenvalue weighted by atomic mass is 16.5. The zero-order valence-electron chi connectivity index (χ0n) is 13.4. The van der Waals surface area contributed by atoms with E-state index in [0.29, 0.717) is 0 Å². The summed E-state index contributed by atoms with van der Waals surface area (Å²) in [7, 11) is 0. The molecule has 0 unspecified atom stereocenters. The van der Waals surface area contributed by atoms with Gasteiger partial charge < -0.3 is 4.74 Å². The molecule has 4 rings (SSSR count).